The van der Waals surface area contributed by atoms with E-state index in [9.17, 15) is 9.18 Å². The molecule has 4 heteroatoms. The summed E-state index contributed by atoms with van der Waals surface area (Å²) in [6.07, 6.45) is 0. The molecule has 0 bridgehead atoms. The van der Waals surface area contributed by atoms with Crippen LogP contribution in [0.3, 0.4) is 0 Å². The van der Waals surface area contributed by atoms with E-state index in [1.807, 2.05) is 0 Å². The molecule has 0 fully saturated rings. The highest BCUT2D eigenvalue weighted by atomic mass is 19.1. The lowest BCUT2D eigenvalue weighted by Crippen LogP contribution is -2.27. The van der Waals surface area contributed by atoms with Crippen molar-refractivity contribution in [3.63, 3.8) is 0 Å². The van der Waals surface area contributed by atoms with E-state index in [0.29, 0.717) is 5.56 Å². The van der Waals surface area contributed by atoms with Gasteiger partial charge in [0.15, 0.2) is 0 Å². The SMILES string of the molecule is COC(=O)CN[C@H](C)c1ccccc1F. The number of esters is 1. The van der Waals surface area contributed by atoms with Gasteiger partial charge in [0.1, 0.15) is 5.82 Å². The van der Waals surface area contributed by atoms with Crippen LogP contribution in [0.2, 0.25) is 0 Å². The molecule has 0 aliphatic heterocycles. The molecular weight excluding hydrogens is 197 g/mol. The van der Waals surface area contributed by atoms with Crippen molar-refractivity contribution in [3.05, 3.63) is 35.6 Å². The Bertz CT molecular complexity index is 341. The number of methoxy groups -OCH3 is 1. The minimum Gasteiger partial charge on any atom is -0.468 e. The molecule has 0 spiro atoms. The Morgan fingerprint density at radius 2 is 2.20 bits per heavy atom. The second-order valence-corrected chi connectivity index (χ2v) is 3.20. The van der Waals surface area contributed by atoms with Crippen LogP contribution in [-0.2, 0) is 9.53 Å². The first-order valence-electron chi connectivity index (χ1n) is 4.69. The van der Waals surface area contributed by atoms with Gasteiger partial charge in [-0.05, 0) is 13.0 Å². The lowest BCUT2D eigenvalue weighted by molar-refractivity contribution is -0.139. The number of rotatable bonds is 4. The van der Waals surface area contributed by atoms with E-state index in [4.69, 9.17) is 0 Å². The van der Waals surface area contributed by atoms with Gasteiger partial charge in [0.05, 0.1) is 13.7 Å². The molecule has 0 amide bonds. The fourth-order valence-electron chi connectivity index (χ4n) is 1.24. The standard InChI is InChI=1S/C11H14FNO2/c1-8(13-7-11(14)15-2)9-5-3-4-6-10(9)12/h3-6,8,13H,7H2,1-2H3/t8-/m1/s1. The Labute approximate surface area is 88.2 Å². The van der Waals surface area contributed by atoms with Gasteiger partial charge in [-0.15, -0.1) is 0 Å². The van der Waals surface area contributed by atoms with Crippen LogP contribution in [0.4, 0.5) is 4.39 Å². The van der Waals surface area contributed by atoms with Crippen LogP contribution < -0.4 is 5.32 Å². The highest BCUT2D eigenvalue weighted by Crippen LogP contribution is 2.15. The molecule has 0 aliphatic carbocycles. The summed E-state index contributed by atoms with van der Waals surface area (Å²) in [5, 5.41) is 2.88. The van der Waals surface area contributed by atoms with Crippen LogP contribution in [-0.4, -0.2) is 19.6 Å². The zero-order valence-corrected chi connectivity index (χ0v) is 8.79. The molecule has 0 saturated carbocycles. The summed E-state index contributed by atoms with van der Waals surface area (Å²) in [5.41, 5.74) is 0.543. The van der Waals surface area contributed by atoms with Crippen LogP contribution >= 0.6 is 0 Å². The minimum atomic E-state index is -0.363. The van der Waals surface area contributed by atoms with Crippen molar-refractivity contribution in [1.82, 2.24) is 5.32 Å². The number of hydrogen-bond acceptors (Lipinski definition) is 3. The fourth-order valence-corrected chi connectivity index (χ4v) is 1.24. The van der Waals surface area contributed by atoms with E-state index in [2.05, 4.69) is 10.1 Å². The topological polar surface area (TPSA) is 38.3 Å². The largest absolute Gasteiger partial charge is 0.468 e. The Morgan fingerprint density at radius 3 is 2.80 bits per heavy atom. The van der Waals surface area contributed by atoms with Gasteiger partial charge in [0.25, 0.3) is 0 Å². The number of nitrogens with one attached hydrogen (secondary N) is 1. The average molecular weight is 211 g/mol. The van der Waals surface area contributed by atoms with Gasteiger partial charge in [0, 0.05) is 11.6 Å². The summed E-state index contributed by atoms with van der Waals surface area (Å²) >= 11 is 0. The van der Waals surface area contributed by atoms with E-state index >= 15 is 0 Å². The molecule has 0 heterocycles. The van der Waals surface area contributed by atoms with E-state index < -0.39 is 0 Å². The van der Waals surface area contributed by atoms with Gasteiger partial charge in [-0.25, -0.2) is 4.39 Å². The quantitative estimate of drug-likeness (QED) is 0.769. The van der Waals surface area contributed by atoms with Crippen molar-refractivity contribution in [2.24, 2.45) is 0 Å². The van der Waals surface area contributed by atoms with Crippen molar-refractivity contribution in [1.29, 1.82) is 0 Å². The number of halogens is 1. The lowest BCUT2D eigenvalue weighted by Gasteiger charge is -2.13. The molecule has 15 heavy (non-hydrogen) atoms. The van der Waals surface area contributed by atoms with Crippen molar-refractivity contribution in [2.75, 3.05) is 13.7 Å². The summed E-state index contributed by atoms with van der Waals surface area (Å²) in [6.45, 7) is 1.87. The molecule has 0 aromatic heterocycles. The number of carbonyl (C=O) groups excluding carboxylic acids is 1. The summed E-state index contributed by atoms with van der Waals surface area (Å²) in [7, 11) is 1.32. The number of ether oxygens (including phenoxy) is 1. The molecule has 1 N–H and O–H groups in total. The maximum absolute atomic E-state index is 13.3. The molecule has 0 saturated heterocycles. The van der Waals surface area contributed by atoms with Gasteiger partial charge < -0.3 is 10.1 Å². The number of hydrogen-bond donors (Lipinski definition) is 1. The molecule has 0 aliphatic rings. The molecule has 0 radical (unpaired) electrons. The van der Waals surface area contributed by atoms with Crippen LogP contribution in [0.1, 0.15) is 18.5 Å². The molecule has 82 valence electrons. The highest BCUT2D eigenvalue weighted by Gasteiger charge is 2.10. The maximum Gasteiger partial charge on any atom is 0.319 e. The van der Waals surface area contributed by atoms with Crippen LogP contribution in [0.5, 0.6) is 0 Å². The van der Waals surface area contributed by atoms with E-state index in [1.54, 1.807) is 25.1 Å². The first-order valence-corrected chi connectivity index (χ1v) is 4.69. The summed E-state index contributed by atoms with van der Waals surface area (Å²) < 4.78 is 17.8. The Hall–Kier alpha value is -1.42. The van der Waals surface area contributed by atoms with Crippen LogP contribution in [0.15, 0.2) is 24.3 Å². The van der Waals surface area contributed by atoms with Gasteiger partial charge in [-0.1, -0.05) is 18.2 Å². The number of benzene rings is 1. The van der Waals surface area contributed by atoms with Crippen molar-refractivity contribution >= 4 is 5.97 Å². The lowest BCUT2D eigenvalue weighted by atomic mass is 10.1. The predicted molar refractivity (Wildman–Crippen MR) is 54.8 cm³/mol. The molecule has 1 atom stereocenters. The Balaban J connectivity index is 2.57. The maximum atomic E-state index is 13.3. The van der Waals surface area contributed by atoms with Crippen LogP contribution in [0, 0.1) is 5.82 Å². The first-order chi connectivity index (χ1) is 7.15. The summed E-state index contributed by atoms with van der Waals surface area (Å²) in [5.74, 6) is -0.638. The first kappa shape index (κ1) is 11.7. The molecule has 3 nitrogen and oxygen atoms in total. The van der Waals surface area contributed by atoms with Gasteiger partial charge in [0.2, 0.25) is 0 Å². The molecular formula is C11H14FNO2. The third-order valence-corrected chi connectivity index (χ3v) is 2.15. The van der Waals surface area contributed by atoms with Crippen molar-refractivity contribution in [3.8, 4) is 0 Å². The van der Waals surface area contributed by atoms with Gasteiger partial charge in [-0.2, -0.15) is 0 Å². The van der Waals surface area contributed by atoms with Gasteiger partial charge >= 0.3 is 5.97 Å². The number of carbonyl (C=O) groups is 1. The van der Waals surface area contributed by atoms with E-state index in [0.717, 1.165) is 0 Å². The molecule has 1 rings (SSSR count). The molecule has 1 aromatic carbocycles. The second-order valence-electron chi connectivity index (χ2n) is 3.20. The predicted octanol–water partition coefficient (Wildman–Crippen LogP) is 1.65. The summed E-state index contributed by atoms with van der Waals surface area (Å²) in [4.78, 5) is 10.9. The molecule has 0 unspecified atom stereocenters. The van der Waals surface area contributed by atoms with Gasteiger partial charge in [-0.3, -0.25) is 4.79 Å². The van der Waals surface area contributed by atoms with Crippen LogP contribution in [0.25, 0.3) is 0 Å². The average Bonchev–Trinajstić information content (AvgIpc) is 2.26. The third kappa shape index (κ3) is 3.32. The normalized spacial score (nSPS) is 12.2. The zero-order chi connectivity index (χ0) is 11.3. The van der Waals surface area contributed by atoms with E-state index in [1.165, 1.54) is 13.2 Å². The Kier molecular flexibility index (Phi) is 4.24. The summed E-state index contributed by atoms with van der Waals surface area (Å²) in [6, 6.07) is 6.25. The monoisotopic (exact) mass is 211 g/mol. The van der Waals surface area contributed by atoms with Crippen molar-refractivity contribution in [2.45, 2.75) is 13.0 Å². The molecule has 1 aromatic rings. The Morgan fingerprint density at radius 1 is 1.53 bits per heavy atom. The van der Waals surface area contributed by atoms with E-state index in [-0.39, 0.29) is 24.4 Å². The van der Waals surface area contributed by atoms with Crippen molar-refractivity contribution < 1.29 is 13.9 Å². The third-order valence-electron chi connectivity index (χ3n) is 2.15. The fraction of sp³-hybridized carbons (Fsp3) is 0.364. The smallest absolute Gasteiger partial charge is 0.319 e. The highest BCUT2D eigenvalue weighted by molar-refractivity contribution is 5.71. The minimum absolute atomic E-state index is 0.0754. The zero-order valence-electron chi connectivity index (χ0n) is 8.79. The second kappa shape index (κ2) is 5.46.